The van der Waals surface area contributed by atoms with Crippen molar-refractivity contribution >= 4 is 16.9 Å². The summed E-state index contributed by atoms with van der Waals surface area (Å²) < 4.78 is 44.8. The highest BCUT2D eigenvalue weighted by Gasteiger charge is 2.30. The zero-order valence-corrected chi connectivity index (χ0v) is 16.0. The van der Waals surface area contributed by atoms with Crippen molar-refractivity contribution in [2.24, 2.45) is 0 Å². The van der Waals surface area contributed by atoms with Crippen LogP contribution in [0.1, 0.15) is 25.7 Å². The van der Waals surface area contributed by atoms with Gasteiger partial charge in [0.15, 0.2) is 0 Å². The first kappa shape index (κ1) is 20.1. The minimum absolute atomic E-state index is 0.111. The van der Waals surface area contributed by atoms with Crippen LogP contribution in [0.15, 0.2) is 43.2 Å². The van der Waals surface area contributed by atoms with Crippen LogP contribution >= 0.6 is 0 Å². The second-order valence-corrected chi connectivity index (χ2v) is 7.18. The molecule has 1 aliphatic rings. The van der Waals surface area contributed by atoms with Crippen LogP contribution in [0.2, 0.25) is 0 Å². The number of halogens is 3. The fourth-order valence-corrected chi connectivity index (χ4v) is 3.51. The van der Waals surface area contributed by atoms with Gasteiger partial charge in [-0.25, -0.2) is 15.0 Å². The number of likely N-dealkylation sites (tertiary alicyclic amines) is 1. The van der Waals surface area contributed by atoms with Gasteiger partial charge in [-0.3, -0.25) is 9.36 Å². The molecular formula is C20H20F3N5O2. The fraction of sp³-hybridized carbons (Fsp3) is 0.400. The smallest absolute Gasteiger partial charge is 0.389 e. The van der Waals surface area contributed by atoms with Crippen molar-refractivity contribution in [3.05, 3.63) is 43.2 Å². The Morgan fingerprint density at radius 1 is 1.17 bits per heavy atom. The number of fused-ring (bicyclic) bond motifs is 1. The lowest BCUT2D eigenvalue weighted by molar-refractivity contribution is -0.150. The Morgan fingerprint density at radius 3 is 2.60 bits per heavy atom. The lowest BCUT2D eigenvalue weighted by Crippen LogP contribution is -2.42. The summed E-state index contributed by atoms with van der Waals surface area (Å²) in [5.41, 5.74) is 1.55. The van der Waals surface area contributed by atoms with Gasteiger partial charge in [-0.15, -0.1) is 0 Å². The maximum atomic E-state index is 12.3. The summed E-state index contributed by atoms with van der Waals surface area (Å²) in [4.78, 5) is 25.9. The lowest BCUT2D eigenvalue weighted by atomic mass is 10.1. The molecule has 0 unspecified atom stereocenters. The number of carbonyl (C=O) groups excluding carboxylic acids is 1. The van der Waals surface area contributed by atoms with Crippen LogP contribution < -0.4 is 4.74 Å². The molecule has 1 aliphatic heterocycles. The average molecular weight is 419 g/mol. The van der Waals surface area contributed by atoms with Crippen LogP contribution in [-0.2, 0) is 4.79 Å². The molecular weight excluding hydrogens is 399 g/mol. The van der Waals surface area contributed by atoms with Gasteiger partial charge in [0.25, 0.3) is 0 Å². The highest BCUT2D eigenvalue weighted by molar-refractivity contribution is 5.79. The maximum Gasteiger partial charge on any atom is 0.389 e. The molecule has 1 saturated heterocycles. The van der Waals surface area contributed by atoms with Crippen LogP contribution in [0.4, 0.5) is 13.2 Å². The Kier molecular flexibility index (Phi) is 5.56. The predicted octanol–water partition coefficient (Wildman–Crippen LogP) is 3.53. The van der Waals surface area contributed by atoms with Gasteiger partial charge in [-0.1, -0.05) is 0 Å². The summed E-state index contributed by atoms with van der Waals surface area (Å²) in [5, 5.41) is 0.899. The van der Waals surface area contributed by atoms with Crippen molar-refractivity contribution in [3.63, 3.8) is 0 Å². The molecule has 4 rings (SSSR count). The molecule has 1 fully saturated rings. The zero-order valence-electron chi connectivity index (χ0n) is 16.0. The summed E-state index contributed by atoms with van der Waals surface area (Å²) in [6.45, 7) is 0.781. The zero-order chi connectivity index (χ0) is 21.1. The van der Waals surface area contributed by atoms with Crippen LogP contribution in [0.5, 0.6) is 5.75 Å². The highest BCUT2D eigenvalue weighted by atomic mass is 19.4. The quantitative estimate of drug-likeness (QED) is 0.633. The van der Waals surface area contributed by atoms with E-state index in [1.165, 1.54) is 11.2 Å². The third-order valence-corrected chi connectivity index (χ3v) is 5.05. The highest BCUT2D eigenvalue weighted by Crippen LogP contribution is 2.26. The second kappa shape index (κ2) is 8.29. The summed E-state index contributed by atoms with van der Waals surface area (Å²) in [5.74, 6) is 0.159. The SMILES string of the molecule is O=C(CCC(F)(F)F)N1CCC(Oc2cnc3c(ccn3-c3cncnc3)c2)CC1. The van der Waals surface area contributed by atoms with E-state index in [1.54, 1.807) is 18.6 Å². The van der Waals surface area contributed by atoms with E-state index >= 15 is 0 Å². The summed E-state index contributed by atoms with van der Waals surface area (Å²) in [6, 6.07) is 3.81. The fourth-order valence-electron chi connectivity index (χ4n) is 3.51. The standard InChI is InChI=1S/C20H20F3N5O2/c21-20(22,23)5-1-18(29)27-6-3-16(4-7-27)30-17-9-14-2-8-28(19(14)26-12-17)15-10-24-13-25-11-15/h2,8-13,16H,1,3-7H2. The number of ether oxygens (including phenoxy) is 1. The minimum atomic E-state index is -4.31. The van der Waals surface area contributed by atoms with Gasteiger partial charge in [-0.2, -0.15) is 13.2 Å². The van der Waals surface area contributed by atoms with E-state index in [-0.39, 0.29) is 6.10 Å². The molecule has 0 atom stereocenters. The monoisotopic (exact) mass is 419 g/mol. The number of amides is 1. The molecule has 10 heteroatoms. The molecule has 158 valence electrons. The molecule has 0 aromatic carbocycles. The van der Waals surface area contributed by atoms with Gasteiger partial charge >= 0.3 is 6.18 Å². The van der Waals surface area contributed by atoms with Gasteiger partial charge in [0.1, 0.15) is 23.8 Å². The van der Waals surface area contributed by atoms with E-state index < -0.39 is 24.9 Å². The number of aromatic nitrogens is 4. The number of hydrogen-bond acceptors (Lipinski definition) is 5. The van der Waals surface area contributed by atoms with E-state index in [2.05, 4.69) is 15.0 Å². The van der Waals surface area contributed by atoms with E-state index in [4.69, 9.17) is 4.74 Å². The number of hydrogen-bond donors (Lipinski definition) is 0. The molecule has 0 saturated carbocycles. The molecule has 4 heterocycles. The number of pyridine rings is 1. The maximum absolute atomic E-state index is 12.3. The van der Waals surface area contributed by atoms with Crippen molar-refractivity contribution in [1.29, 1.82) is 0 Å². The van der Waals surface area contributed by atoms with Gasteiger partial charge < -0.3 is 9.64 Å². The molecule has 7 nitrogen and oxygen atoms in total. The Morgan fingerprint density at radius 2 is 1.90 bits per heavy atom. The number of alkyl halides is 3. The molecule has 3 aromatic rings. The first-order valence-electron chi connectivity index (χ1n) is 9.63. The number of nitrogens with zero attached hydrogens (tertiary/aromatic N) is 5. The number of rotatable bonds is 5. The molecule has 30 heavy (non-hydrogen) atoms. The topological polar surface area (TPSA) is 73.1 Å². The van der Waals surface area contributed by atoms with Gasteiger partial charge in [0.05, 0.1) is 30.7 Å². The molecule has 0 aliphatic carbocycles. The Bertz CT molecular complexity index is 1010. The minimum Gasteiger partial charge on any atom is -0.489 e. The van der Waals surface area contributed by atoms with E-state index in [0.29, 0.717) is 31.7 Å². The first-order valence-corrected chi connectivity index (χ1v) is 9.63. The van der Waals surface area contributed by atoms with Crippen LogP contribution in [0.25, 0.3) is 16.7 Å². The third-order valence-electron chi connectivity index (χ3n) is 5.05. The summed E-state index contributed by atoms with van der Waals surface area (Å²) in [6.07, 6.45) is 3.51. The largest absolute Gasteiger partial charge is 0.489 e. The Balaban J connectivity index is 1.35. The third kappa shape index (κ3) is 4.69. The van der Waals surface area contributed by atoms with E-state index in [0.717, 1.165) is 16.7 Å². The lowest BCUT2D eigenvalue weighted by Gasteiger charge is -2.32. The van der Waals surface area contributed by atoms with Crippen molar-refractivity contribution in [2.45, 2.75) is 38.0 Å². The second-order valence-electron chi connectivity index (χ2n) is 7.18. The normalized spacial score (nSPS) is 15.5. The number of piperidine rings is 1. The van der Waals surface area contributed by atoms with Crippen LogP contribution in [-0.4, -0.2) is 55.7 Å². The Hall–Kier alpha value is -3.17. The van der Waals surface area contributed by atoms with Crippen LogP contribution in [0.3, 0.4) is 0 Å². The summed E-state index contributed by atoms with van der Waals surface area (Å²) >= 11 is 0. The first-order chi connectivity index (χ1) is 14.4. The van der Waals surface area contributed by atoms with Crippen molar-refractivity contribution in [1.82, 2.24) is 24.4 Å². The van der Waals surface area contributed by atoms with Crippen molar-refractivity contribution < 1.29 is 22.7 Å². The summed E-state index contributed by atoms with van der Waals surface area (Å²) in [7, 11) is 0. The molecule has 3 aromatic heterocycles. The number of carbonyl (C=O) groups is 1. The van der Waals surface area contributed by atoms with Crippen molar-refractivity contribution in [2.75, 3.05) is 13.1 Å². The van der Waals surface area contributed by atoms with Gasteiger partial charge in [0, 0.05) is 43.9 Å². The van der Waals surface area contributed by atoms with E-state index in [9.17, 15) is 18.0 Å². The van der Waals surface area contributed by atoms with Gasteiger partial charge in [-0.05, 0) is 12.1 Å². The molecule has 0 N–H and O–H groups in total. The van der Waals surface area contributed by atoms with Crippen LogP contribution in [0, 0.1) is 0 Å². The van der Waals surface area contributed by atoms with E-state index in [1.807, 2.05) is 22.9 Å². The molecule has 1 amide bonds. The molecule has 0 bridgehead atoms. The average Bonchev–Trinajstić information content (AvgIpc) is 3.16. The molecule has 0 radical (unpaired) electrons. The van der Waals surface area contributed by atoms with Crippen molar-refractivity contribution in [3.8, 4) is 11.4 Å². The predicted molar refractivity (Wildman–Crippen MR) is 102 cm³/mol. The molecule has 0 spiro atoms. The Labute approximate surface area is 170 Å². The van der Waals surface area contributed by atoms with Gasteiger partial charge in [0.2, 0.25) is 5.91 Å².